The van der Waals surface area contributed by atoms with Gasteiger partial charge in [0.2, 0.25) is 0 Å². The molecule has 0 aliphatic heterocycles. The Morgan fingerprint density at radius 3 is 2.47 bits per heavy atom. The lowest BCUT2D eigenvalue weighted by molar-refractivity contribution is -0.137. The van der Waals surface area contributed by atoms with Crippen LogP contribution in [0.25, 0.3) is 10.8 Å². The number of aromatic nitrogens is 1. The molecule has 3 aromatic carbocycles. The van der Waals surface area contributed by atoms with E-state index in [2.05, 4.69) is 20.9 Å². The highest BCUT2D eigenvalue weighted by Gasteiger charge is 2.26. The van der Waals surface area contributed by atoms with Crippen LogP contribution in [0.3, 0.4) is 0 Å². The van der Waals surface area contributed by atoms with Gasteiger partial charge in [0.1, 0.15) is 23.2 Å². The fourth-order valence-corrected chi connectivity index (χ4v) is 3.78. The molecule has 8 heteroatoms. The summed E-state index contributed by atoms with van der Waals surface area (Å²) in [6, 6.07) is 16.2. The number of pyridine rings is 1. The van der Waals surface area contributed by atoms with Gasteiger partial charge < -0.3 is 21.1 Å². The molecule has 1 heterocycles. The Morgan fingerprint density at radius 1 is 1.00 bits per heavy atom. The fourth-order valence-electron chi connectivity index (χ4n) is 3.78. The molecule has 8 nitrogen and oxygen atoms in total. The maximum atomic E-state index is 12.0. The van der Waals surface area contributed by atoms with E-state index in [0.717, 1.165) is 40.7 Å². The van der Waals surface area contributed by atoms with Gasteiger partial charge in [-0.25, -0.2) is 9.78 Å². The molecule has 1 aromatic heterocycles. The van der Waals surface area contributed by atoms with Crippen molar-refractivity contribution in [1.82, 2.24) is 4.98 Å². The molecule has 34 heavy (non-hydrogen) atoms. The third-order valence-electron chi connectivity index (χ3n) is 5.69. The van der Waals surface area contributed by atoms with E-state index in [4.69, 9.17) is 0 Å². The summed E-state index contributed by atoms with van der Waals surface area (Å²) in [7, 11) is 0. The maximum Gasteiger partial charge on any atom is 0.326 e. The van der Waals surface area contributed by atoms with Crippen LogP contribution in [0, 0.1) is 0 Å². The largest absolute Gasteiger partial charge is 0.480 e. The molecule has 4 aromatic rings. The zero-order valence-corrected chi connectivity index (χ0v) is 18.8. The Bertz CT molecular complexity index is 1370. The van der Waals surface area contributed by atoms with Gasteiger partial charge in [-0.3, -0.25) is 9.59 Å². The Morgan fingerprint density at radius 2 is 1.74 bits per heavy atom. The van der Waals surface area contributed by atoms with Gasteiger partial charge in [0.25, 0.3) is 10.9 Å². The number of carboxylic acid groups (broad SMARTS) is 1. The molecular formula is C26H26N4O4. The number of aliphatic carboxylic acids is 1. The van der Waals surface area contributed by atoms with Crippen molar-refractivity contribution < 1.29 is 9.90 Å². The fraction of sp³-hybridized carbons (Fsp3) is 0.231. The van der Waals surface area contributed by atoms with Gasteiger partial charge in [-0.15, -0.1) is 0 Å². The molecule has 0 bridgehead atoms. The third kappa shape index (κ3) is 4.91. The van der Waals surface area contributed by atoms with Crippen LogP contribution < -0.4 is 26.8 Å². The van der Waals surface area contributed by atoms with E-state index >= 15 is 0 Å². The van der Waals surface area contributed by atoms with Gasteiger partial charge in [0.05, 0.1) is 0 Å². The highest BCUT2D eigenvalue weighted by molar-refractivity contribution is 5.93. The molecule has 0 saturated heterocycles. The van der Waals surface area contributed by atoms with Crippen LogP contribution in [-0.2, 0) is 11.2 Å². The van der Waals surface area contributed by atoms with Crippen LogP contribution in [0.4, 0.5) is 22.9 Å². The summed E-state index contributed by atoms with van der Waals surface area (Å²) < 4.78 is 0. The molecule has 4 N–H and O–H groups in total. The average Bonchev–Trinajstić information content (AvgIpc) is 2.85. The standard InChI is InChI=1S/C26H26N4O4/c1-2-3-13-27-21-22(24(32)23(21)31)30-20(26(33)34)15-16-8-10-18(11-9-16)29-25-19-7-5-4-6-17(19)12-14-28-25/h4-12,14,20,27,30H,2-3,13,15H2,1H3,(H,28,29)(H,33,34). The van der Waals surface area contributed by atoms with Gasteiger partial charge in [0, 0.05) is 30.2 Å². The number of nitrogens with zero attached hydrogens (tertiary/aromatic N) is 1. The number of carboxylic acids is 1. The first-order chi connectivity index (χ1) is 16.5. The van der Waals surface area contributed by atoms with Gasteiger partial charge in [-0.05, 0) is 35.6 Å². The highest BCUT2D eigenvalue weighted by Crippen LogP contribution is 2.24. The number of anilines is 4. The van der Waals surface area contributed by atoms with Crippen LogP contribution in [-0.4, -0.2) is 28.6 Å². The summed E-state index contributed by atoms with van der Waals surface area (Å²) in [4.78, 5) is 40.2. The topological polar surface area (TPSA) is 120 Å². The molecule has 0 aliphatic rings. The van der Waals surface area contributed by atoms with Crippen molar-refractivity contribution in [2.45, 2.75) is 32.2 Å². The molecule has 0 radical (unpaired) electrons. The van der Waals surface area contributed by atoms with E-state index in [0.29, 0.717) is 6.54 Å². The molecule has 1 unspecified atom stereocenters. The van der Waals surface area contributed by atoms with Crippen molar-refractivity contribution in [3.05, 3.63) is 86.8 Å². The number of hydrogen-bond donors (Lipinski definition) is 4. The van der Waals surface area contributed by atoms with E-state index in [1.54, 1.807) is 6.20 Å². The normalized spacial score (nSPS) is 11.9. The Labute approximate surface area is 196 Å². The Kier molecular flexibility index (Phi) is 6.87. The number of nitrogens with one attached hydrogen (secondary N) is 3. The summed E-state index contributed by atoms with van der Waals surface area (Å²) in [5.41, 5.74) is 0.515. The lowest BCUT2D eigenvalue weighted by atomic mass is 10.0. The zero-order chi connectivity index (χ0) is 24.1. The van der Waals surface area contributed by atoms with E-state index in [1.165, 1.54) is 0 Å². The molecule has 0 saturated carbocycles. The predicted molar refractivity (Wildman–Crippen MR) is 135 cm³/mol. The van der Waals surface area contributed by atoms with Crippen molar-refractivity contribution in [1.29, 1.82) is 0 Å². The van der Waals surface area contributed by atoms with E-state index in [1.807, 2.05) is 61.5 Å². The van der Waals surface area contributed by atoms with Crippen molar-refractivity contribution in [3.8, 4) is 0 Å². The second-order valence-electron chi connectivity index (χ2n) is 8.13. The summed E-state index contributed by atoms with van der Waals surface area (Å²) >= 11 is 0. The summed E-state index contributed by atoms with van der Waals surface area (Å²) in [5.74, 6) is -0.367. The van der Waals surface area contributed by atoms with Crippen LogP contribution in [0.2, 0.25) is 0 Å². The van der Waals surface area contributed by atoms with E-state index in [-0.39, 0.29) is 17.8 Å². The second-order valence-corrected chi connectivity index (χ2v) is 8.13. The van der Waals surface area contributed by atoms with Gasteiger partial charge in [-0.1, -0.05) is 49.7 Å². The summed E-state index contributed by atoms with van der Waals surface area (Å²) in [5, 5.41) is 20.8. The van der Waals surface area contributed by atoms with E-state index in [9.17, 15) is 19.5 Å². The van der Waals surface area contributed by atoms with Gasteiger partial charge in [-0.2, -0.15) is 0 Å². The van der Waals surface area contributed by atoms with Gasteiger partial charge in [0.15, 0.2) is 0 Å². The van der Waals surface area contributed by atoms with Gasteiger partial charge >= 0.3 is 5.97 Å². The van der Waals surface area contributed by atoms with Crippen molar-refractivity contribution in [2.75, 3.05) is 22.5 Å². The Hall–Kier alpha value is -4.20. The van der Waals surface area contributed by atoms with Crippen LogP contribution in [0.1, 0.15) is 25.3 Å². The average molecular weight is 459 g/mol. The minimum atomic E-state index is -1.10. The summed E-state index contributed by atoms with van der Waals surface area (Å²) in [6.45, 7) is 2.57. The van der Waals surface area contributed by atoms with Crippen LogP contribution in [0.15, 0.2) is 70.4 Å². The monoisotopic (exact) mass is 458 g/mol. The molecule has 0 spiro atoms. The first-order valence-electron chi connectivity index (χ1n) is 11.2. The maximum absolute atomic E-state index is 12.0. The molecule has 0 amide bonds. The smallest absolute Gasteiger partial charge is 0.326 e. The zero-order valence-electron chi connectivity index (χ0n) is 18.8. The van der Waals surface area contributed by atoms with Crippen molar-refractivity contribution in [3.63, 3.8) is 0 Å². The number of carbonyl (C=O) groups is 1. The number of benzene rings is 2. The molecule has 0 aliphatic carbocycles. The van der Waals surface area contributed by atoms with Crippen molar-refractivity contribution in [2.24, 2.45) is 0 Å². The quantitative estimate of drug-likeness (QED) is 0.197. The first-order valence-corrected chi connectivity index (χ1v) is 11.2. The molecule has 1 atom stereocenters. The minimum Gasteiger partial charge on any atom is -0.480 e. The number of rotatable bonds is 11. The first kappa shape index (κ1) is 23.0. The Balaban J connectivity index is 1.45. The molecule has 4 rings (SSSR count). The van der Waals surface area contributed by atoms with E-state index < -0.39 is 22.9 Å². The second kappa shape index (κ2) is 10.2. The van der Waals surface area contributed by atoms with Crippen LogP contribution in [0.5, 0.6) is 0 Å². The van der Waals surface area contributed by atoms with Crippen molar-refractivity contribution >= 4 is 39.6 Å². The number of hydrogen-bond acceptors (Lipinski definition) is 7. The van der Waals surface area contributed by atoms with Crippen LogP contribution >= 0.6 is 0 Å². The number of unbranched alkanes of at least 4 members (excludes halogenated alkanes) is 1. The molecular weight excluding hydrogens is 432 g/mol. The predicted octanol–water partition coefficient (Wildman–Crippen LogP) is 3.89. The number of fused-ring (bicyclic) bond motifs is 1. The summed E-state index contributed by atoms with van der Waals surface area (Å²) in [6.07, 6.45) is 3.67. The molecule has 0 fully saturated rings. The highest BCUT2D eigenvalue weighted by atomic mass is 16.4. The lowest BCUT2D eigenvalue weighted by Crippen LogP contribution is -2.42. The molecule has 174 valence electrons. The minimum absolute atomic E-state index is 0.0498. The third-order valence-corrected chi connectivity index (χ3v) is 5.69. The lowest BCUT2D eigenvalue weighted by Gasteiger charge is -2.20. The SMILES string of the molecule is CCCCNc1c(NC(Cc2ccc(Nc3nccc4ccccc34)cc2)C(=O)O)c(=O)c1=O.